The summed E-state index contributed by atoms with van der Waals surface area (Å²) >= 11 is 0. The molecule has 0 radical (unpaired) electrons. The molecule has 48 heavy (non-hydrogen) atoms. The van der Waals surface area contributed by atoms with Crippen LogP contribution in [-0.2, 0) is 0 Å². The number of para-hydroxylation sites is 3. The van der Waals surface area contributed by atoms with Gasteiger partial charge >= 0.3 is 0 Å². The first-order valence-electron chi connectivity index (χ1n) is 16.3. The van der Waals surface area contributed by atoms with Crippen molar-refractivity contribution in [2.24, 2.45) is 0 Å². The number of rotatable bonds is 3. The summed E-state index contributed by atoms with van der Waals surface area (Å²) in [6.45, 7) is 0. The van der Waals surface area contributed by atoms with Crippen LogP contribution in [-0.4, -0.2) is 19.1 Å². The minimum Gasteiger partial charge on any atom is -0.309 e. The molecule has 0 bridgehead atoms. The molecule has 0 spiro atoms. The summed E-state index contributed by atoms with van der Waals surface area (Å²) in [4.78, 5) is 9.04. The van der Waals surface area contributed by atoms with E-state index >= 15 is 0 Å². The van der Waals surface area contributed by atoms with Gasteiger partial charge in [0, 0.05) is 55.3 Å². The number of benzene rings is 7. The van der Waals surface area contributed by atoms with Crippen molar-refractivity contribution < 1.29 is 0 Å². The van der Waals surface area contributed by atoms with Gasteiger partial charge in [0.05, 0.1) is 33.4 Å². The molecule has 11 rings (SSSR count). The molecule has 0 atom stereocenters. The highest BCUT2D eigenvalue weighted by atomic mass is 15.0. The molecule has 0 saturated heterocycles. The normalized spacial score (nSPS) is 12.2. The standard InChI is InChI=1S/C44H26N4/c1-2-11-27(12-3-1)47-36-19-6-4-13-32(36)42-28(15-9-21-39(42)47)29-16-10-22-40-43(29)33-14-5-7-20-37(33)48(40)38-24-23-30-35-25-45-26-46-44(35)34-18-8-17-31(38)41(30)34/h1-26H. The summed E-state index contributed by atoms with van der Waals surface area (Å²) in [6.07, 6.45) is 3.59. The fourth-order valence-electron chi connectivity index (χ4n) is 8.35. The number of hydrogen-bond donors (Lipinski definition) is 0. The second kappa shape index (κ2) is 9.50. The molecule has 0 aliphatic heterocycles. The van der Waals surface area contributed by atoms with Crippen molar-refractivity contribution in [3.8, 4) is 44.9 Å². The van der Waals surface area contributed by atoms with Gasteiger partial charge in [-0.1, -0.05) is 103 Å². The van der Waals surface area contributed by atoms with E-state index in [0.717, 1.165) is 16.9 Å². The van der Waals surface area contributed by atoms with E-state index in [0.29, 0.717) is 0 Å². The van der Waals surface area contributed by atoms with Crippen molar-refractivity contribution in [1.82, 2.24) is 19.1 Å². The van der Waals surface area contributed by atoms with Crippen molar-refractivity contribution in [3.05, 3.63) is 158 Å². The summed E-state index contributed by atoms with van der Waals surface area (Å²) in [5.41, 5.74) is 14.1. The Hall–Kier alpha value is -6.52. The van der Waals surface area contributed by atoms with Crippen LogP contribution in [0.3, 0.4) is 0 Å². The lowest BCUT2D eigenvalue weighted by atomic mass is 9.95. The van der Waals surface area contributed by atoms with Crippen LogP contribution < -0.4 is 0 Å². The minimum atomic E-state index is 1.01. The fraction of sp³-hybridized carbons (Fsp3) is 0. The molecule has 7 aromatic carbocycles. The van der Waals surface area contributed by atoms with Gasteiger partial charge in [-0.05, 0) is 59.2 Å². The van der Waals surface area contributed by atoms with Gasteiger partial charge in [0.2, 0.25) is 0 Å². The number of aromatic nitrogens is 4. The van der Waals surface area contributed by atoms with Crippen LogP contribution in [0.5, 0.6) is 0 Å². The zero-order chi connectivity index (χ0) is 31.3. The number of nitrogens with zero attached hydrogens (tertiary/aromatic N) is 4. The summed E-state index contributed by atoms with van der Waals surface area (Å²) in [5.74, 6) is 0. The summed E-state index contributed by atoms with van der Waals surface area (Å²) in [6, 6.07) is 53.0. The molecule has 222 valence electrons. The predicted octanol–water partition coefficient (Wildman–Crippen LogP) is 11.1. The largest absolute Gasteiger partial charge is 0.309 e. The molecule has 10 aromatic rings. The maximum atomic E-state index is 4.68. The van der Waals surface area contributed by atoms with Crippen LogP contribution in [0.2, 0.25) is 0 Å². The van der Waals surface area contributed by atoms with E-state index in [1.54, 1.807) is 6.33 Å². The van der Waals surface area contributed by atoms with Gasteiger partial charge in [-0.2, -0.15) is 0 Å². The molecule has 4 heteroatoms. The van der Waals surface area contributed by atoms with Crippen LogP contribution in [0.1, 0.15) is 0 Å². The van der Waals surface area contributed by atoms with Crippen LogP contribution in [0.15, 0.2) is 158 Å². The van der Waals surface area contributed by atoms with Crippen LogP contribution in [0, 0.1) is 0 Å². The van der Waals surface area contributed by atoms with E-state index in [-0.39, 0.29) is 0 Å². The third kappa shape index (κ3) is 3.28. The first-order chi connectivity index (χ1) is 23.9. The Labute approximate surface area is 275 Å². The van der Waals surface area contributed by atoms with E-state index in [4.69, 9.17) is 0 Å². The summed E-state index contributed by atoms with van der Waals surface area (Å²) in [5, 5.41) is 7.47. The van der Waals surface area contributed by atoms with Crippen molar-refractivity contribution >= 4 is 54.4 Å². The van der Waals surface area contributed by atoms with E-state index in [1.807, 2.05) is 6.20 Å². The van der Waals surface area contributed by atoms with Gasteiger partial charge < -0.3 is 9.13 Å². The lowest BCUT2D eigenvalue weighted by Crippen LogP contribution is -1.96. The molecule has 0 saturated carbocycles. The molecule has 3 aromatic heterocycles. The van der Waals surface area contributed by atoms with E-state index in [2.05, 4.69) is 165 Å². The Morgan fingerprint density at radius 1 is 0.375 bits per heavy atom. The van der Waals surface area contributed by atoms with Crippen molar-refractivity contribution in [1.29, 1.82) is 0 Å². The first-order valence-corrected chi connectivity index (χ1v) is 16.3. The Morgan fingerprint density at radius 2 is 0.938 bits per heavy atom. The van der Waals surface area contributed by atoms with Crippen molar-refractivity contribution in [3.63, 3.8) is 0 Å². The Morgan fingerprint density at radius 3 is 1.69 bits per heavy atom. The lowest BCUT2D eigenvalue weighted by Gasteiger charge is -2.14. The molecular weight excluding hydrogens is 585 g/mol. The van der Waals surface area contributed by atoms with Gasteiger partial charge in [-0.25, -0.2) is 9.97 Å². The molecule has 0 unspecified atom stereocenters. The third-order valence-corrected chi connectivity index (χ3v) is 10.2. The van der Waals surface area contributed by atoms with Crippen LogP contribution in [0.25, 0.3) is 99.3 Å². The smallest absolute Gasteiger partial charge is 0.116 e. The number of fused-ring (bicyclic) bond motifs is 9. The molecule has 0 amide bonds. The zero-order valence-electron chi connectivity index (χ0n) is 25.8. The molecule has 3 heterocycles. The van der Waals surface area contributed by atoms with Gasteiger partial charge in [-0.15, -0.1) is 0 Å². The zero-order valence-corrected chi connectivity index (χ0v) is 25.8. The Balaban J connectivity index is 1.24. The van der Waals surface area contributed by atoms with Crippen LogP contribution >= 0.6 is 0 Å². The molecular formula is C44H26N4. The quantitative estimate of drug-likeness (QED) is 0.199. The first kappa shape index (κ1) is 25.6. The maximum Gasteiger partial charge on any atom is 0.116 e. The molecule has 4 nitrogen and oxygen atoms in total. The van der Waals surface area contributed by atoms with Crippen LogP contribution in [0.4, 0.5) is 0 Å². The Bertz CT molecular complexity index is 2920. The van der Waals surface area contributed by atoms with Gasteiger partial charge in [-0.3, -0.25) is 0 Å². The second-order valence-corrected chi connectivity index (χ2v) is 12.6. The minimum absolute atomic E-state index is 1.01. The topological polar surface area (TPSA) is 35.6 Å². The highest BCUT2D eigenvalue weighted by Gasteiger charge is 2.26. The van der Waals surface area contributed by atoms with Gasteiger partial charge in [0.15, 0.2) is 0 Å². The Kier molecular flexibility index (Phi) is 5.08. The lowest BCUT2D eigenvalue weighted by molar-refractivity contribution is 1.18. The number of hydrogen-bond acceptors (Lipinski definition) is 2. The fourth-order valence-corrected chi connectivity index (χ4v) is 8.35. The summed E-state index contributed by atoms with van der Waals surface area (Å²) < 4.78 is 4.85. The summed E-state index contributed by atoms with van der Waals surface area (Å²) in [7, 11) is 0. The highest BCUT2D eigenvalue weighted by Crippen LogP contribution is 2.49. The molecule has 0 N–H and O–H groups in total. The SMILES string of the molecule is c1ccc(-n2c3ccccc3c3c(-c4cccc5c4c4ccccc4n5-c4ccc5c6c(cccc46)-c4ncncc4-5)cccc32)cc1. The highest BCUT2D eigenvalue weighted by molar-refractivity contribution is 6.23. The van der Waals surface area contributed by atoms with Gasteiger partial charge in [0.1, 0.15) is 6.33 Å². The maximum absolute atomic E-state index is 4.68. The van der Waals surface area contributed by atoms with Gasteiger partial charge in [0.25, 0.3) is 0 Å². The molecule has 1 aliphatic carbocycles. The van der Waals surface area contributed by atoms with E-state index in [9.17, 15) is 0 Å². The monoisotopic (exact) mass is 610 g/mol. The molecule has 1 aliphatic rings. The van der Waals surface area contributed by atoms with Crippen molar-refractivity contribution in [2.45, 2.75) is 0 Å². The third-order valence-electron chi connectivity index (χ3n) is 10.2. The van der Waals surface area contributed by atoms with E-state index in [1.165, 1.54) is 82.3 Å². The van der Waals surface area contributed by atoms with E-state index < -0.39 is 0 Å². The average molecular weight is 611 g/mol. The average Bonchev–Trinajstić information content (AvgIpc) is 3.79. The second-order valence-electron chi connectivity index (χ2n) is 12.6. The molecule has 0 fully saturated rings. The van der Waals surface area contributed by atoms with Crippen molar-refractivity contribution in [2.75, 3.05) is 0 Å². The predicted molar refractivity (Wildman–Crippen MR) is 198 cm³/mol.